The van der Waals surface area contributed by atoms with Crippen molar-refractivity contribution in [2.75, 3.05) is 0 Å². The molecule has 1 N–H and O–H groups in total. The molecule has 20 heavy (non-hydrogen) atoms. The van der Waals surface area contributed by atoms with E-state index in [2.05, 4.69) is 0 Å². The summed E-state index contributed by atoms with van der Waals surface area (Å²) >= 11 is 0. The SMILES string of the molecule is Cc1cc(C)c2c(c1O)C(=O)C(Cc1ccccc1)C2. The monoisotopic (exact) mass is 266 g/mol. The van der Waals surface area contributed by atoms with Gasteiger partial charge in [-0.1, -0.05) is 36.4 Å². The number of Topliss-reactive ketones (excluding diaryl/α,β-unsaturated/α-hetero) is 1. The molecule has 0 heterocycles. The lowest BCUT2D eigenvalue weighted by molar-refractivity contribution is 0.0934. The molecular weight excluding hydrogens is 248 g/mol. The molecule has 2 nitrogen and oxygen atoms in total. The smallest absolute Gasteiger partial charge is 0.170 e. The van der Waals surface area contributed by atoms with E-state index >= 15 is 0 Å². The molecule has 102 valence electrons. The molecular formula is C18H18O2. The van der Waals surface area contributed by atoms with Crippen molar-refractivity contribution in [1.29, 1.82) is 0 Å². The highest BCUT2D eigenvalue weighted by atomic mass is 16.3. The molecule has 0 saturated carbocycles. The number of aryl methyl sites for hydroxylation is 2. The number of benzene rings is 2. The Balaban J connectivity index is 1.95. The minimum atomic E-state index is -0.0428. The normalized spacial score (nSPS) is 17.3. The number of phenols is 1. The van der Waals surface area contributed by atoms with Gasteiger partial charge in [-0.3, -0.25) is 4.79 Å². The summed E-state index contributed by atoms with van der Waals surface area (Å²) in [7, 11) is 0. The Bertz CT molecular complexity index is 672. The molecule has 1 aliphatic rings. The molecule has 0 bridgehead atoms. The molecule has 0 fully saturated rings. The molecule has 2 heteroatoms. The van der Waals surface area contributed by atoms with Crippen LogP contribution in [0.25, 0.3) is 0 Å². The van der Waals surface area contributed by atoms with Crippen LogP contribution in [0.2, 0.25) is 0 Å². The van der Waals surface area contributed by atoms with Crippen LogP contribution in [0.15, 0.2) is 36.4 Å². The minimum absolute atomic E-state index is 0.0428. The number of hydrogen-bond donors (Lipinski definition) is 1. The average Bonchev–Trinajstić information content (AvgIpc) is 2.76. The Morgan fingerprint density at radius 2 is 1.85 bits per heavy atom. The number of hydrogen-bond acceptors (Lipinski definition) is 2. The molecule has 0 saturated heterocycles. The highest BCUT2D eigenvalue weighted by Crippen LogP contribution is 2.38. The lowest BCUT2D eigenvalue weighted by Gasteiger charge is -2.08. The Hall–Kier alpha value is -2.09. The Kier molecular flexibility index (Phi) is 3.09. The molecule has 1 aliphatic carbocycles. The first-order valence-corrected chi connectivity index (χ1v) is 6.98. The van der Waals surface area contributed by atoms with Gasteiger partial charge >= 0.3 is 0 Å². The average molecular weight is 266 g/mol. The van der Waals surface area contributed by atoms with Crippen LogP contribution in [0.4, 0.5) is 0 Å². The summed E-state index contributed by atoms with van der Waals surface area (Å²) in [6, 6.07) is 12.0. The predicted octanol–water partition coefficient (Wildman–Crippen LogP) is 3.61. The summed E-state index contributed by atoms with van der Waals surface area (Å²) in [5.74, 6) is 0.220. The molecule has 0 radical (unpaired) electrons. The van der Waals surface area contributed by atoms with Gasteiger partial charge in [0.25, 0.3) is 0 Å². The third-order valence-corrected chi connectivity index (χ3v) is 4.21. The first kappa shape index (κ1) is 12.9. The van der Waals surface area contributed by atoms with E-state index in [1.807, 2.05) is 50.2 Å². The maximum absolute atomic E-state index is 12.6. The summed E-state index contributed by atoms with van der Waals surface area (Å²) < 4.78 is 0. The van der Waals surface area contributed by atoms with Gasteiger partial charge in [-0.25, -0.2) is 0 Å². The van der Waals surface area contributed by atoms with Crippen LogP contribution < -0.4 is 0 Å². The molecule has 0 aromatic heterocycles. The van der Waals surface area contributed by atoms with Gasteiger partial charge in [-0.05, 0) is 48.9 Å². The van der Waals surface area contributed by atoms with Crippen molar-refractivity contribution < 1.29 is 9.90 Å². The molecule has 2 aromatic carbocycles. The van der Waals surface area contributed by atoms with Gasteiger partial charge in [0.15, 0.2) is 5.78 Å². The zero-order valence-electron chi connectivity index (χ0n) is 11.8. The summed E-state index contributed by atoms with van der Waals surface area (Å²) in [5, 5.41) is 10.2. The number of aromatic hydroxyl groups is 1. The van der Waals surface area contributed by atoms with E-state index in [1.165, 1.54) is 5.56 Å². The van der Waals surface area contributed by atoms with Crippen molar-refractivity contribution in [2.45, 2.75) is 26.7 Å². The highest BCUT2D eigenvalue weighted by molar-refractivity contribution is 6.05. The van der Waals surface area contributed by atoms with Gasteiger partial charge in [0.05, 0.1) is 5.56 Å². The second-order valence-corrected chi connectivity index (χ2v) is 5.67. The Morgan fingerprint density at radius 1 is 1.15 bits per heavy atom. The van der Waals surface area contributed by atoms with Gasteiger partial charge in [0, 0.05) is 5.92 Å². The zero-order valence-corrected chi connectivity index (χ0v) is 11.8. The number of phenolic OH excluding ortho intramolecular Hbond substituents is 1. The van der Waals surface area contributed by atoms with Gasteiger partial charge in [-0.15, -0.1) is 0 Å². The van der Waals surface area contributed by atoms with Gasteiger partial charge in [0.2, 0.25) is 0 Å². The quantitative estimate of drug-likeness (QED) is 0.901. The number of rotatable bonds is 2. The van der Waals surface area contributed by atoms with Crippen LogP contribution in [0.1, 0.15) is 32.6 Å². The van der Waals surface area contributed by atoms with Gasteiger partial charge in [0.1, 0.15) is 5.75 Å². The molecule has 1 unspecified atom stereocenters. The predicted molar refractivity (Wildman–Crippen MR) is 79.3 cm³/mol. The lowest BCUT2D eigenvalue weighted by atomic mass is 9.95. The zero-order chi connectivity index (χ0) is 14.3. The summed E-state index contributed by atoms with van der Waals surface area (Å²) in [4.78, 5) is 12.6. The fourth-order valence-corrected chi connectivity index (χ4v) is 3.15. The summed E-state index contributed by atoms with van der Waals surface area (Å²) in [6.07, 6.45) is 1.48. The molecule has 0 aliphatic heterocycles. The van der Waals surface area contributed by atoms with E-state index in [0.29, 0.717) is 5.56 Å². The van der Waals surface area contributed by atoms with E-state index in [1.54, 1.807) is 0 Å². The first-order valence-electron chi connectivity index (χ1n) is 6.98. The fraction of sp³-hybridized carbons (Fsp3) is 0.278. The number of fused-ring (bicyclic) bond motifs is 1. The van der Waals surface area contributed by atoms with Crippen molar-refractivity contribution >= 4 is 5.78 Å². The van der Waals surface area contributed by atoms with E-state index in [0.717, 1.165) is 29.5 Å². The largest absolute Gasteiger partial charge is 0.507 e. The molecule has 0 amide bonds. The third kappa shape index (κ3) is 2.01. The van der Waals surface area contributed by atoms with E-state index in [9.17, 15) is 9.90 Å². The van der Waals surface area contributed by atoms with Gasteiger partial charge < -0.3 is 5.11 Å². The van der Waals surface area contributed by atoms with Crippen molar-refractivity contribution in [1.82, 2.24) is 0 Å². The van der Waals surface area contributed by atoms with Crippen molar-refractivity contribution in [3.05, 3.63) is 64.2 Å². The topological polar surface area (TPSA) is 37.3 Å². The van der Waals surface area contributed by atoms with Crippen molar-refractivity contribution in [3.63, 3.8) is 0 Å². The van der Waals surface area contributed by atoms with Crippen LogP contribution in [-0.4, -0.2) is 10.9 Å². The Morgan fingerprint density at radius 3 is 2.55 bits per heavy atom. The molecule has 3 rings (SSSR count). The van der Waals surface area contributed by atoms with Crippen LogP contribution in [-0.2, 0) is 12.8 Å². The second-order valence-electron chi connectivity index (χ2n) is 5.67. The molecule has 0 spiro atoms. The highest BCUT2D eigenvalue weighted by Gasteiger charge is 2.34. The first-order chi connectivity index (χ1) is 9.58. The second kappa shape index (κ2) is 4.78. The minimum Gasteiger partial charge on any atom is -0.507 e. The van der Waals surface area contributed by atoms with Crippen LogP contribution in [0, 0.1) is 19.8 Å². The molecule has 1 atom stereocenters. The molecule has 2 aromatic rings. The van der Waals surface area contributed by atoms with Gasteiger partial charge in [-0.2, -0.15) is 0 Å². The van der Waals surface area contributed by atoms with E-state index in [4.69, 9.17) is 0 Å². The van der Waals surface area contributed by atoms with Crippen LogP contribution in [0.5, 0.6) is 5.75 Å². The third-order valence-electron chi connectivity index (χ3n) is 4.21. The number of ketones is 1. The van der Waals surface area contributed by atoms with Crippen molar-refractivity contribution in [3.8, 4) is 5.75 Å². The summed E-state index contributed by atoms with van der Waals surface area (Å²) in [6.45, 7) is 3.86. The number of carbonyl (C=O) groups excluding carboxylic acids is 1. The van der Waals surface area contributed by atoms with E-state index in [-0.39, 0.29) is 17.5 Å². The van der Waals surface area contributed by atoms with Crippen LogP contribution >= 0.6 is 0 Å². The van der Waals surface area contributed by atoms with Crippen molar-refractivity contribution in [2.24, 2.45) is 5.92 Å². The maximum Gasteiger partial charge on any atom is 0.170 e. The fourth-order valence-electron chi connectivity index (χ4n) is 3.15. The lowest BCUT2D eigenvalue weighted by Crippen LogP contribution is -2.12. The maximum atomic E-state index is 12.6. The van der Waals surface area contributed by atoms with Crippen LogP contribution in [0.3, 0.4) is 0 Å². The number of carbonyl (C=O) groups is 1. The Labute approximate surface area is 119 Å². The standard InChI is InChI=1S/C18H18O2/c1-11-8-12(2)17(19)16-15(11)10-14(18(16)20)9-13-6-4-3-5-7-13/h3-8,14,19H,9-10H2,1-2H3. The van der Waals surface area contributed by atoms with E-state index < -0.39 is 0 Å². The summed E-state index contributed by atoms with van der Waals surface area (Å²) in [5.41, 5.74) is 4.66.